The van der Waals surface area contributed by atoms with Gasteiger partial charge in [0, 0.05) is 21.3 Å². The molecule has 0 radical (unpaired) electrons. The molecule has 2 heterocycles. The first-order chi connectivity index (χ1) is 12.7. The number of carbonyl (C=O) groups is 2. The Kier molecular flexibility index (Phi) is 4.41. The minimum Gasteiger partial charge on any atom is -0.456 e. The number of amides is 1. The lowest BCUT2D eigenvalue weighted by Crippen LogP contribution is -2.21. The highest BCUT2D eigenvalue weighted by atomic mass is 32.1. The van der Waals surface area contributed by atoms with E-state index in [1.54, 1.807) is 6.07 Å². The highest BCUT2D eigenvalue weighted by molar-refractivity contribution is 7.10. The van der Waals surface area contributed by atoms with Crippen LogP contribution in [0.2, 0.25) is 0 Å². The summed E-state index contributed by atoms with van der Waals surface area (Å²) in [7, 11) is 0. The van der Waals surface area contributed by atoms with Crippen LogP contribution in [-0.2, 0) is 20.7 Å². The lowest BCUT2D eigenvalue weighted by atomic mass is 10.1. The molecule has 4 rings (SSSR count). The first-order valence-corrected chi connectivity index (χ1v) is 8.96. The molecule has 0 saturated heterocycles. The van der Waals surface area contributed by atoms with Gasteiger partial charge in [-0.2, -0.15) is 0 Å². The molecule has 0 aliphatic rings. The van der Waals surface area contributed by atoms with Gasteiger partial charge < -0.3 is 14.5 Å². The van der Waals surface area contributed by atoms with Crippen molar-refractivity contribution in [1.29, 1.82) is 0 Å². The fourth-order valence-corrected chi connectivity index (χ4v) is 3.44. The van der Waals surface area contributed by atoms with Gasteiger partial charge in [-0.3, -0.25) is 9.59 Å². The molecule has 0 saturated carbocycles. The molecule has 2 aromatic heterocycles. The van der Waals surface area contributed by atoms with E-state index < -0.39 is 5.97 Å². The van der Waals surface area contributed by atoms with Gasteiger partial charge >= 0.3 is 5.97 Å². The number of nitrogens with one attached hydrogen (secondary N) is 1. The maximum Gasteiger partial charge on any atom is 0.311 e. The quantitative estimate of drug-likeness (QED) is 0.533. The Morgan fingerprint density at radius 2 is 1.85 bits per heavy atom. The molecule has 26 heavy (non-hydrogen) atoms. The minimum atomic E-state index is -0.418. The van der Waals surface area contributed by atoms with E-state index in [2.05, 4.69) is 5.32 Å². The molecule has 1 amide bonds. The van der Waals surface area contributed by atoms with Crippen molar-refractivity contribution in [2.75, 3.05) is 11.9 Å². The topological polar surface area (TPSA) is 68.5 Å². The maximum absolute atomic E-state index is 12.0. The van der Waals surface area contributed by atoms with Crippen molar-refractivity contribution >= 4 is 50.8 Å². The van der Waals surface area contributed by atoms with E-state index >= 15 is 0 Å². The molecule has 6 heteroatoms. The van der Waals surface area contributed by atoms with Crippen LogP contribution in [0.25, 0.3) is 21.9 Å². The Hall–Kier alpha value is -3.12. The Balaban J connectivity index is 1.41. The minimum absolute atomic E-state index is 0.178. The molecule has 0 bridgehead atoms. The number of rotatable bonds is 5. The summed E-state index contributed by atoms with van der Waals surface area (Å²) in [5, 5.41) is 6.55. The molecular weight excluding hydrogens is 350 g/mol. The third-order valence-electron chi connectivity index (χ3n) is 3.92. The standard InChI is InChI=1S/C20H15NO4S/c22-19(12-24-20(23)11-14-4-3-9-26-14)21-13-7-8-18-16(10-13)15-5-1-2-6-17(15)25-18/h1-10H,11-12H2,(H,21,22). The fourth-order valence-electron chi connectivity index (χ4n) is 2.75. The number of fused-ring (bicyclic) bond motifs is 3. The number of ether oxygens (including phenoxy) is 1. The second-order valence-electron chi connectivity index (χ2n) is 5.77. The van der Waals surface area contributed by atoms with Crippen molar-refractivity contribution in [2.24, 2.45) is 0 Å². The molecular formula is C20H15NO4S. The van der Waals surface area contributed by atoms with Crippen LogP contribution in [0.4, 0.5) is 5.69 Å². The lowest BCUT2D eigenvalue weighted by molar-refractivity contribution is -0.146. The Morgan fingerprint density at radius 1 is 1.00 bits per heavy atom. The van der Waals surface area contributed by atoms with Crippen LogP contribution in [-0.4, -0.2) is 18.5 Å². The largest absolute Gasteiger partial charge is 0.456 e. The molecule has 130 valence electrons. The zero-order valence-electron chi connectivity index (χ0n) is 13.7. The molecule has 0 aliphatic carbocycles. The van der Waals surface area contributed by atoms with Crippen LogP contribution in [0.15, 0.2) is 64.4 Å². The van der Waals surface area contributed by atoms with E-state index in [4.69, 9.17) is 9.15 Å². The van der Waals surface area contributed by atoms with Crippen LogP contribution in [0, 0.1) is 0 Å². The Labute approximate surface area is 153 Å². The van der Waals surface area contributed by atoms with Gasteiger partial charge in [0.05, 0.1) is 6.42 Å². The van der Waals surface area contributed by atoms with Crippen LogP contribution in [0.1, 0.15) is 4.88 Å². The Bertz CT molecular complexity index is 1080. The second kappa shape index (κ2) is 7.01. The highest BCUT2D eigenvalue weighted by Crippen LogP contribution is 2.30. The first-order valence-electron chi connectivity index (χ1n) is 8.08. The summed E-state index contributed by atoms with van der Waals surface area (Å²) < 4.78 is 10.8. The van der Waals surface area contributed by atoms with Gasteiger partial charge in [-0.25, -0.2) is 0 Å². The van der Waals surface area contributed by atoms with Crippen molar-refractivity contribution < 1.29 is 18.7 Å². The number of anilines is 1. The third-order valence-corrected chi connectivity index (χ3v) is 4.80. The van der Waals surface area contributed by atoms with E-state index in [0.29, 0.717) is 5.69 Å². The normalized spacial score (nSPS) is 10.9. The van der Waals surface area contributed by atoms with Crippen LogP contribution in [0.3, 0.4) is 0 Å². The number of esters is 1. The number of thiophene rings is 1. The number of benzene rings is 2. The summed E-state index contributed by atoms with van der Waals surface area (Å²) in [5.74, 6) is -0.796. The van der Waals surface area contributed by atoms with E-state index in [1.165, 1.54) is 11.3 Å². The predicted octanol–water partition coefficient (Wildman–Crippen LogP) is 4.37. The van der Waals surface area contributed by atoms with Crippen LogP contribution in [0.5, 0.6) is 0 Å². The molecule has 0 fully saturated rings. The Morgan fingerprint density at radius 3 is 2.69 bits per heavy atom. The van der Waals surface area contributed by atoms with Gasteiger partial charge in [0.25, 0.3) is 5.91 Å². The lowest BCUT2D eigenvalue weighted by Gasteiger charge is -2.06. The molecule has 0 aliphatic heterocycles. The van der Waals surface area contributed by atoms with E-state index in [0.717, 1.165) is 26.8 Å². The SMILES string of the molecule is O=C(COC(=O)Cc1cccs1)Nc1ccc2oc3ccccc3c2c1. The number of carbonyl (C=O) groups excluding carboxylic acids is 2. The van der Waals surface area contributed by atoms with E-state index in [1.807, 2.05) is 53.9 Å². The molecule has 0 unspecified atom stereocenters. The summed E-state index contributed by atoms with van der Waals surface area (Å²) in [6, 6.07) is 16.9. The van der Waals surface area contributed by atoms with Gasteiger partial charge in [-0.15, -0.1) is 11.3 Å². The summed E-state index contributed by atoms with van der Waals surface area (Å²) >= 11 is 1.48. The van der Waals surface area contributed by atoms with Crippen molar-refractivity contribution in [2.45, 2.75) is 6.42 Å². The smallest absolute Gasteiger partial charge is 0.311 e. The summed E-state index contributed by atoms with van der Waals surface area (Å²) in [6.07, 6.45) is 0.178. The third kappa shape index (κ3) is 3.45. The number of para-hydroxylation sites is 1. The number of hydrogen-bond acceptors (Lipinski definition) is 5. The summed E-state index contributed by atoms with van der Waals surface area (Å²) in [6.45, 7) is -0.311. The van der Waals surface area contributed by atoms with Gasteiger partial charge in [0.15, 0.2) is 6.61 Å². The first kappa shape index (κ1) is 16.4. The van der Waals surface area contributed by atoms with Crippen molar-refractivity contribution in [3.8, 4) is 0 Å². The molecule has 0 spiro atoms. The van der Waals surface area contributed by atoms with Gasteiger partial charge in [-0.05, 0) is 35.7 Å². The second-order valence-corrected chi connectivity index (χ2v) is 6.81. The predicted molar refractivity (Wildman–Crippen MR) is 101 cm³/mol. The van der Waals surface area contributed by atoms with Gasteiger partial charge in [0.1, 0.15) is 11.2 Å². The number of hydrogen-bond donors (Lipinski definition) is 1. The van der Waals surface area contributed by atoms with Crippen molar-refractivity contribution in [3.63, 3.8) is 0 Å². The summed E-state index contributed by atoms with van der Waals surface area (Å²) in [4.78, 5) is 24.7. The summed E-state index contributed by atoms with van der Waals surface area (Å²) in [5.41, 5.74) is 2.18. The highest BCUT2D eigenvalue weighted by Gasteiger charge is 2.11. The van der Waals surface area contributed by atoms with Gasteiger partial charge in [-0.1, -0.05) is 24.3 Å². The zero-order valence-corrected chi connectivity index (χ0v) is 14.5. The van der Waals surface area contributed by atoms with Crippen LogP contribution >= 0.6 is 11.3 Å². The van der Waals surface area contributed by atoms with Crippen LogP contribution < -0.4 is 5.32 Å². The average Bonchev–Trinajstić information content (AvgIpc) is 3.27. The van der Waals surface area contributed by atoms with Crippen molar-refractivity contribution in [3.05, 3.63) is 64.9 Å². The zero-order chi connectivity index (χ0) is 17.9. The monoisotopic (exact) mass is 365 g/mol. The van der Waals surface area contributed by atoms with E-state index in [-0.39, 0.29) is 18.9 Å². The molecule has 0 atom stereocenters. The molecule has 4 aromatic rings. The molecule has 5 nitrogen and oxygen atoms in total. The fraction of sp³-hybridized carbons (Fsp3) is 0.100. The van der Waals surface area contributed by atoms with Gasteiger partial charge in [0.2, 0.25) is 0 Å². The number of furan rings is 1. The maximum atomic E-state index is 12.0. The average molecular weight is 365 g/mol. The molecule has 2 aromatic carbocycles. The van der Waals surface area contributed by atoms with E-state index in [9.17, 15) is 9.59 Å². The molecule has 1 N–H and O–H groups in total. The van der Waals surface area contributed by atoms with Crippen molar-refractivity contribution in [1.82, 2.24) is 0 Å².